The second-order valence-corrected chi connectivity index (χ2v) is 5.54. The first-order valence-corrected chi connectivity index (χ1v) is 7.37. The van der Waals surface area contributed by atoms with Gasteiger partial charge in [-0.2, -0.15) is 5.10 Å². The van der Waals surface area contributed by atoms with E-state index in [1.165, 1.54) is 0 Å². The quantitative estimate of drug-likeness (QED) is 0.755. The number of aromatic nitrogens is 2. The number of rotatable bonds is 5. The molecule has 3 N–H and O–H groups in total. The molecule has 126 valence electrons. The molecular formula is C16H17N3O5. The number of ether oxygens (including phenoxy) is 2. The lowest BCUT2D eigenvalue weighted by molar-refractivity contribution is -0.144. The van der Waals surface area contributed by atoms with Gasteiger partial charge in [0.05, 0.1) is 19.4 Å². The Bertz CT molecular complexity index is 747. The van der Waals surface area contributed by atoms with E-state index in [2.05, 4.69) is 15.5 Å². The topological polar surface area (TPSA) is 114 Å². The van der Waals surface area contributed by atoms with Gasteiger partial charge in [-0.25, -0.2) is 4.79 Å². The third-order valence-electron chi connectivity index (χ3n) is 3.99. The average molecular weight is 331 g/mol. The van der Waals surface area contributed by atoms with Crippen LogP contribution >= 0.6 is 0 Å². The minimum Gasteiger partial charge on any atom is -0.497 e. The molecule has 8 nitrogen and oxygen atoms in total. The number of carboxylic acids is 1. The number of carbonyl (C=O) groups excluding carboxylic acids is 1. The number of nitrogens with one attached hydrogen (secondary N) is 2. The summed E-state index contributed by atoms with van der Waals surface area (Å²) in [5, 5.41) is 18.6. The molecule has 0 spiro atoms. The molecule has 2 aromatic rings. The Hall–Kier alpha value is -2.87. The van der Waals surface area contributed by atoms with Gasteiger partial charge in [0, 0.05) is 18.6 Å². The molecule has 1 aromatic carbocycles. The summed E-state index contributed by atoms with van der Waals surface area (Å²) in [4.78, 5) is 23.8. The van der Waals surface area contributed by atoms with Crippen LogP contribution in [0.25, 0.3) is 11.3 Å². The summed E-state index contributed by atoms with van der Waals surface area (Å²) in [5.74, 6) is -0.921. The fourth-order valence-electron chi connectivity index (χ4n) is 2.52. The standard InChI is InChI=1S/C16H17N3O5/c1-23-11-4-2-10(3-5-11)12-8-13(19-18-12)14(20)17-16(15(21)22)6-7-24-9-16/h2-5,8H,6-7,9H2,1H3,(H,17,20)(H,18,19)(H,21,22). The van der Waals surface area contributed by atoms with Gasteiger partial charge in [-0.15, -0.1) is 0 Å². The maximum Gasteiger partial charge on any atom is 0.331 e. The van der Waals surface area contributed by atoms with Crippen molar-refractivity contribution in [2.45, 2.75) is 12.0 Å². The van der Waals surface area contributed by atoms with Gasteiger partial charge < -0.3 is 19.9 Å². The molecule has 1 amide bonds. The Labute approximate surface area is 137 Å². The van der Waals surface area contributed by atoms with E-state index in [4.69, 9.17) is 9.47 Å². The third kappa shape index (κ3) is 2.95. The molecule has 1 fully saturated rings. The number of carbonyl (C=O) groups is 2. The van der Waals surface area contributed by atoms with E-state index in [0.29, 0.717) is 12.3 Å². The van der Waals surface area contributed by atoms with Crippen LogP contribution in [0.2, 0.25) is 0 Å². The van der Waals surface area contributed by atoms with Crippen molar-refractivity contribution in [3.8, 4) is 17.0 Å². The van der Waals surface area contributed by atoms with Gasteiger partial charge in [-0.05, 0) is 30.3 Å². The van der Waals surface area contributed by atoms with Crippen LogP contribution < -0.4 is 10.1 Å². The summed E-state index contributed by atoms with van der Waals surface area (Å²) >= 11 is 0. The number of hydrogen-bond donors (Lipinski definition) is 3. The van der Waals surface area contributed by atoms with Gasteiger partial charge in [-0.3, -0.25) is 9.89 Å². The van der Waals surface area contributed by atoms with Crippen LogP contribution in [0.4, 0.5) is 0 Å². The number of methoxy groups -OCH3 is 1. The van der Waals surface area contributed by atoms with Crippen LogP contribution in [-0.2, 0) is 9.53 Å². The molecule has 0 aliphatic carbocycles. The van der Waals surface area contributed by atoms with Crippen molar-refractivity contribution in [2.75, 3.05) is 20.3 Å². The first kappa shape index (κ1) is 16.0. The van der Waals surface area contributed by atoms with Crippen molar-refractivity contribution in [2.24, 2.45) is 0 Å². The second kappa shape index (κ2) is 6.32. The Balaban J connectivity index is 1.77. The summed E-state index contributed by atoms with van der Waals surface area (Å²) in [7, 11) is 1.58. The van der Waals surface area contributed by atoms with Crippen LogP contribution in [0.3, 0.4) is 0 Å². The Morgan fingerprint density at radius 1 is 1.38 bits per heavy atom. The normalized spacial score (nSPS) is 19.9. The summed E-state index contributed by atoms with van der Waals surface area (Å²) in [6.45, 7) is 0.250. The van der Waals surface area contributed by atoms with Gasteiger partial charge in [0.25, 0.3) is 5.91 Å². The number of carboxylic acid groups (broad SMARTS) is 1. The van der Waals surface area contributed by atoms with E-state index in [-0.39, 0.29) is 18.7 Å². The fraction of sp³-hybridized carbons (Fsp3) is 0.312. The number of amides is 1. The summed E-state index contributed by atoms with van der Waals surface area (Å²) in [6.07, 6.45) is 0.230. The second-order valence-electron chi connectivity index (χ2n) is 5.54. The zero-order valence-electron chi connectivity index (χ0n) is 13.0. The van der Waals surface area contributed by atoms with E-state index in [0.717, 1.165) is 11.3 Å². The number of nitrogens with zero attached hydrogens (tertiary/aromatic N) is 1. The molecule has 0 bridgehead atoms. The van der Waals surface area contributed by atoms with Crippen molar-refractivity contribution < 1.29 is 24.2 Å². The van der Waals surface area contributed by atoms with Crippen molar-refractivity contribution >= 4 is 11.9 Å². The van der Waals surface area contributed by atoms with Crippen LogP contribution in [0.5, 0.6) is 5.75 Å². The van der Waals surface area contributed by atoms with E-state index in [1.54, 1.807) is 25.3 Å². The first-order valence-electron chi connectivity index (χ1n) is 7.37. The van der Waals surface area contributed by atoms with Crippen LogP contribution in [0.1, 0.15) is 16.9 Å². The zero-order valence-corrected chi connectivity index (χ0v) is 13.0. The van der Waals surface area contributed by atoms with Crippen LogP contribution in [0.15, 0.2) is 30.3 Å². The Morgan fingerprint density at radius 3 is 2.71 bits per heavy atom. The fourth-order valence-corrected chi connectivity index (χ4v) is 2.52. The van der Waals surface area contributed by atoms with Crippen molar-refractivity contribution in [3.05, 3.63) is 36.0 Å². The van der Waals surface area contributed by atoms with Gasteiger partial charge >= 0.3 is 5.97 Å². The van der Waals surface area contributed by atoms with Crippen LogP contribution in [-0.4, -0.2) is 53.0 Å². The monoisotopic (exact) mass is 331 g/mol. The highest BCUT2D eigenvalue weighted by Gasteiger charge is 2.44. The molecule has 1 atom stereocenters. The lowest BCUT2D eigenvalue weighted by atomic mass is 9.99. The Kier molecular flexibility index (Phi) is 4.22. The molecule has 24 heavy (non-hydrogen) atoms. The molecule has 8 heteroatoms. The first-order chi connectivity index (χ1) is 11.5. The lowest BCUT2D eigenvalue weighted by Crippen LogP contribution is -2.55. The largest absolute Gasteiger partial charge is 0.497 e. The highest BCUT2D eigenvalue weighted by atomic mass is 16.5. The van der Waals surface area contributed by atoms with Gasteiger partial charge in [-0.1, -0.05) is 0 Å². The molecule has 2 heterocycles. The smallest absolute Gasteiger partial charge is 0.331 e. The van der Waals surface area contributed by atoms with E-state index in [9.17, 15) is 14.7 Å². The maximum absolute atomic E-state index is 12.3. The molecule has 0 radical (unpaired) electrons. The maximum atomic E-state index is 12.3. The molecule has 1 aliphatic heterocycles. The SMILES string of the molecule is COc1ccc(-c2cc(C(=O)NC3(C(=O)O)CCOC3)[nH]n2)cc1. The number of benzene rings is 1. The van der Waals surface area contributed by atoms with E-state index in [1.807, 2.05) is 12.1 Å². The predicted octanol–water partition coefficient (Wildman–Crippen LogP) is 1.06. The average Bonchev–Trinajstić information content (AvgIpc) is 3.25. The minimum absolute atomic E-state index is 0.0481. The number of hydrogen-bond acceptors (Lipinski definition) is 5. The van der Waals surface area contributed by atoms with Gasteiger partial charge in [0.15, 0.2) is 5.54 Å². The molecule has 3 rings (SSSR count). The van der Waals surface area contributed by atoms with Crippen molar-refractivity contribution in [3.63, 3.8) is 0 Å². The van der Waals surface area contributed by atoms with E-state index < -0.39 is 17.4 Å². The summed E-state index contributed by atoms with van der Waals surface area (Å²) in [6, 6.07) is 8.79. The predicted molar refractivity (Wildman–Crippen MR) is 83.8 cm³/mol. The number of H-pyrrole nitrogens is 1. The number of aromatic amines is 1. The third-order valence-corrected chi connectivity index (χ3v) is 3.99. The summed E-state index contributed by atoms with van der Waals surface area (Å²) < 4.78 is 10.2. The lowest BCUT2D eigenvalue weighted by Gasteiger charge is -2.23. The molecular weight excluding hydrogens is 314 g/mol. The van der Waals surface area contributed by atoms with Crippen molar-refractivity contribution in [1.82, 2.24) is 15.5 Å². The highest BCUT2D eigenvalue weighted by Crippen LogP contribution is 2.22. The molecule has 1 aliphatic rings. The minimum atomic E-state index is -1.39. The summed E-state index contributed by atoms with van der Waals surface area (Å²) in [5.41, 5.74) is 0.189. The molecule has 0 saturated carbocycles. The number of aliphatic carboxylic acids is 1. The Morgan fingerprint density at radius 2 is 2.12 bits per heavy atom. The molecule has 1 unspecified atom stereocenters. The molecule has 1 saturated heterocycles. The van der Waals surface area contributed by atoms with Crippen molar-refractivity contribution in [1.29, 1.82) is 0 Å². The van der Waals surface area contributed by atoms with Crippen LogP contribution in [0, 0.1) is 0 Å². The highest BCUT2D eigenvalue weighted by molar-refractivity contribution is 5.97. The van der Waals surface area contributed by atoms with Gasteiger partial charge in [0.2, 0.25) is 0 Å². The van der Waals surface area contributed by atoms with Gasteiger partial charge in [0.1, 0.15) is 11.4 Å². The molecule has 1 aromatic heterocycles. The van der Waals surface area contributed by atoms with E-state index >= 15 is 0 Å². The zero-order chi connectivity index (χ0) is 17.2.